The number of nitrogens with zero attached hydrogens (tertiary/aromatic N) is 5. The molecule has 79 heavy (non-hydrogen) atoms. The van der Waals surface area contributed by atoms with Crippen molar-refractivity contribution in [3.05, 3.63) is 88.5 Å². The first kappa shape index (κ1) is 61.4. The van der Waals surface area contributed by atoms with Gasteiger partial charge < -0.3 is 65.6 Å². The summed E-state index contributed by atoms with van der Waals surface area (Å²) in [6, 6.07) is 11.5. The summed E-state index contributed by atoms with van der Waals surface area (Å²) in [5.41, 5.74) is 6.33. The molecule has 3 aromatic heterocycles. The standard InChI is InChI=1S/C55H74FN11O11S/c1-35-7-14-46(64-43(35)15-16-57-6)65-47-28-44(63-39-12-13-39)41(30-59-47)51(70)61-31-42(56)52(71)58-17-18-74-19-20-75-21-22-76-23-24-77-25-26-78-33-48(69)66-50(55(3,4)5)54(73)67-32-40(68)27-45(67)53(72)60-29-37-8-10-38(11-9-37)49-36(2)62-34-79-49/h7-11,14-16,28,30,34,39-40,42,45,50,68H,6,12-13,17-27,29,31-33H2,1-5H3,(H,58,71)(H,60,72)(H,61,70)(H,66,69)(H2,59,63,64,65)/b16-15-/t40-,42?,45+,50-/m1/s1. The van der Waals surface area contributed by atoms with E-state index < -0.39 is 65.9 Å². The lowest BCUT2D eigenvalue weighted by Crippen LogP contribution is -2.58. The molecule has 7 N–H and O–H groups in total. The summed E-state index contributed by atoms with van der Waals surface area (Å²) in [6.07, 6.45) is 3.78. The molecule has 2 fully saturated rings. The number of benzene rings is 1. The number of aliphatic hydroxyl groups is 1. The number of β-amino-alcohol motifs (C(OH)–C–C–N with tert-alkyl or cyclic N) is 1. The van der Waals surface area contributed by atoms with Gasteiger partial charge in [-0.1, -0.05) is 51.1 Å². The number of aliphatic imine (C=N–C) groups is 1. The van der Waals surface area contributed by atoms with Crippen LogP contribution < -0.4 is 31.9 Å². The molecule has 428 valence electrons. The Kier molecular flexibility index (Phi) is 24.2. The summed E-state index contributed by atoms with van der Waals surface area (Å²) in [5, 5.41) is 27.6. The van der Waals surface area contributed by atoms with Gasteiger partial charge in [0.05, 0.1) is 105 Å². The highest BCUT2D eigenvalue weighted by atomic mass is 32.1. The average molecular weight is 1120 g/mol. The number of hydrogen-bond acceptors (Lipinski definition) is 18. The van der Waals surface area contributed by atoms with Gasteiger partial charge in [0.15, 0.2) is 6.17 Å². The summed E-state index contributed by atoms with van der Waals surface area (Å²) < 4.78 is 42.3. The third kappa shape index (κ3) is 20.1. The van der Waals surface area contributed by atoms with E-state index in [-0.39, 0.29) is 83.9 Å². The molecule has 1 saturated heterocycles. The maximum Gasteiger partial charge on any atom is 0.256 e. The molecule has 0 radical (unpaired) electrons. The highest BCUT2D eigenvalue weighted by molar-refractivity contribution is 7.13. The molecular weight excluding hydrogens is 1040 g/mol. The Morgan fingerprint density at radius 3 is 2.19 bits per heavy atom. The molecule has 6 rings (SSSR count). The first-order chi connectivity index (χ1) is 38.0. The number of aliphatic hydroxyl groups excluding tert-OH is 1. The summed E-state index contributed by atoms with van der Waals surface area (Å²) >= 11 is 1.56. The predicted octanol–water partition coefficient (Wildman–Crippen LogP) is 4.28. The number of carbonyl (C=O) groups excluding carboxylic acids is 5. The molecule has 1 saturated carbocycles. The normalized spacial score (nSPS) is 16.1. The van der Waals surface area contributed by atoms with Gasteiger partial charge in [0.1, 0.15) is 30.3 Å². The Balaban J connectivity index is 0.759. The quantitative estimate of drug-likeness (QED) is 0.0259. The van der Waals surface area contributed by atoms with Crippen molar-refractivity contribution in [1.29, 1.82) is 0 Å². The average Bonchev–Trinajstić information content (AvgIpc) is 4.06. The monoisotopic (exact) mass is 1120 g/mol. The summed E-state index contributed by atoms with van der Waals surface area (Å²) in [7, 11) is 0. The Morgan fingerprint density at radius 1 is 0.886 bits per heavy atom. The molecule has 24 heteroatoms. The molecule has 0 bridgehead atoms. The number of amides is 5. The summed E-state index contributed by atoms with van der Waals surface area (Å²) in [5.74, 6) is -1.85. The number of aryl methyl sites for hydroxylation is 2. The van der Waals surface area contributed by atoms with Crippen LogP contribution in [0.4, 0.5) is 21.7 Å². The second-order valence-electron chi connectivity index (χ2n) is 20.0. The smallest absolute Gasteiger partial charge is 0.256 e. The molecule has 4 heterocycles. The van der Waals surface area contributed by atoms with Gasteiger partial charge in [-0.25, -0.2) is 19.3 Å². The van der Waals surface area contributed by atoms with E-state index in [2.05, 4.69) is 58.6 Å². The van der Waals surface area contributed by atoms with Gasteiger partial charge >= 0.3 is 0 Å². The van der Waals surface area contributed by atoms with E-state index in [9.17, 15) is 33.5 Å². The van der Waals surface area contributed by atoms with Gasteiger partial charge in [0.2, 0.25) is 17.7 Å². The summed E-state index contributed by atoms with van der Waals surface area (Å²) in [4.78, 5) is 85.2. The topological polar surface area (TPSA) is 278 Å². The van der Waals surface area contributed by atoms with E-state index in [1.807, 2.05) is 71.0 Å². The van der Waals surface area contributed by atoms with Gasteiger partial charge in [-0.3, -0.25) is 29.0 Å². The van der Waals surface area contributed by atoms with Crippen LogP contribution in [0, 0.1) is 19.3 Å². The molecule has 0 spiro atoms. The van der Waals surface area contributed by atoms with E-state index in [1.54, 1.807) is 35.2 Å². The number of thiazole rings is 1. The van der Waals surface area contributed by atoms with Crippen LogP contribution in [-0.4, -0.2) is 177 Å². The zero-order valence-electron chi connectivity index (χ0n) is 45.5. The Hall–Kier alpha value is -6.80. The number of ether oxygens (including phenoxy) is 5. The van der Waals surface area contributed by atoms with Crippen LogP contribution in [-0.2, 0) is 49.4 Å². The number of pyridine rings is 2. The van der Waals surface area contributed by atoms with Crippen molar-refractivity contribution in [2.24, 2.45) is 10.4 Å². The van der Waals surface area contributed by atoms with E-state index >= 15 is 0 Å². The maximum absolute atomic E-state index is 14.8. The van der Waals surface area contributed by atoms with Gasteiger partial charge in [0.25, 0.3) is 11.8 Å². The zero-order valence-corrected chi connectivity index (χ0v) is 46.3. The van der Waals surface area contributed by atoms with Crippen LogP contribution in [0.5, 0.6) is 0 Å². The van der Waals surface area contributed by atoms with Crippen molar-refractivity contribution >= 4 is 71.0 Å². The molecule has 4 atom stereocenters. The first-order valence-electron chi connectivity index (χ1n) is 26.3. The minimum atomic E-state index is -1.99. The number of alkyl halides is 1. The van der Waals surface area contributed by atoms with E-state index in [0.29, 0.717) is 42.8 Å². The van der Waals surface area contributed by atoms with Crippen molar-refractivity contribution in [1.82, 2.24) is 41.1 Å². The fraction of sp³-hybridized carbons (Fsp3) is 0.509. The molecular formula is C55H74FN11O11S. The fourth-order valence-corrected chi connectivity index (χ4v) is 8.88. The minimum absolute atomic E-state index is 0.0370. The Morgan fingerprint density at radius 2 is 1.56 bits per heavy atom. The van der Waals surface area contributed by atoms with Gasteiger partial charge in [0, 0.05) is 50.6 Å². The lowest BCUT2D eigenvalue weighted by atomic mass is 9.85. The minimum Gasteiger partial charge on any atom is -0.391 e. The largest absolute Gasteiger partial charge is 0.391 e. The Bertz CT molecular complexity index is 2690. The van der Waals surface area contributed by atoms with Crippen LogP contribution in [0.3, 0.4) is 0 Å². The molecule has 1 unspecified atom stereocenters. The van der Waals surface area contributed by atoms with Crippen LogP contribution >= 0.6 is 11.3 Å². The zero-order chi connectivity index (χ0) is 56.7. The second-order valence-corrected chi connectivity index (χ2v) is 20.8. The Labute approximate surface area is 464 Å². The molecule has 22 nitrogen and oxygen atoms in total. The highest BCUT2D eigenvalue weighted by Crippen LogP contribution is 2.31. The lowest BCUT2D eigenvalue weighted by molar-refractivity contribution is -0.144. The second kappa shape index (κ2) is 31.1. The van der Waals surface area contributed by atoms with Crippen molar-refractivity contribution in [3.8, 4) is 10.4 Å². The SMILES string of the molecule is C=N/C=C\c1nc(Nc2cc(NC3CC3)c(C(=O)NCC(F)C(=O)NCCOCCOCCOCCOCCOCC(=O)N[C@H](C(=O)N3C[C@H](O)C[C@H]3C(=O)NCc3ccc(-c4scnc4C)cc3)C(C)(C)C)cn2)ccc1C. The molecule has 2 aliphatic rings. The van der Waals surface area contributed by atoms with Crippen LogP contribution in [0.1, 0.15) is 72.9 Å². The first-order valence-corrected chi connectivity index (χ1v) is 27.2. The fourth-order valence-electron chi connectivity index (χ4n) is 8.06. The third-order valence-electron chi connectivity index (χ3n) is 12.5. The maximum atomic E-state index is 14.8. The van der Waals surface area contributed by atoms with Crippen molar-refractivity contribution in [3.63, 3.8) is 0 Å². The summed E-state index contributed by atoms with van der Waals surface area (Å²) in [6.45, 7) is 14.3. The number of nitrogens with one attached hydrogen (secondary N) is 6. The molecule has 1 aliphatic heterocycles. The number of carbonyl (C=O) groups is 5. The number of aromatic nitrogens is 3. The van der Waals surface area contributed by atoms with Gasteiger partial charge in [-0.15, -0.1) is 11.3 Å². The number of halogens is 1. The van der Waals surface area contributed by atoms with Crippen LogP contribution in [0.25, 0.3) is 16.5 Å². The highest BCUT2D eigenvalue weighted by Gasteiger charge is 2.44. The van der Waals surface area contributed by atoms with Crippen molar-refractivity contribution < 1.29 is 57.2 Å². The van der Waals surface area contributed by atoms with Crippen molar-refractivity contribution in [2.45, 2.75) is 90.8 Å². The lowest BCUT2D eigenvalue weighted by Gasteiger charge is -2.35. The van der Waals surface area contributed by atoms with E-state index in [0.717, 1.165) is 40.1 Å². The predicted molar refractivity (Wildman–Crippen MR) is 298 cm³/mol. The molecule has 1 aliphatic carbocycles. The molecule has 5 amide bonds. The van der Waals surface area contributed by atoms with Gasteiger partial charge in [-0.05, 0) is 67.7 Å². The third-order valence-corrected chi connectivity index (χ3v) is 13.5. The van der Waals surface area contributed by atoms with Gasteiger partial charge in [-0.2, -0.15) is 0 Å². The van der Waals surface area contributed by atoms with Crippen LogP contribution in [0.15, 0.2) is 65.4 Å². The number of hydrogen-bond donors (Lipinski definition) is 7. The van der Waals surface area contributed by atoms with Crippen molar-refractivity contribution in [2.75, 3.05) is 96.3 Å². The molecule has 4 aromatic rings. The number of likely N-dealkylation sites (tertiary alicyclic amines) is 1. The number of anilines is 3. The van der Waals surface area contributed by atoms with Crippen LogP contribution in [0.2, 0.25) is 0 Å². The number of rotatable bonds is 33. The van der Waals surface area contributed by atoms with E-state index in [1.165, 1.54) is 11.1 Å². The van der Waals surface area contributed by atoms with E-state index in [4.69, 9.17) is 23.7 Å². The molecule has 1 aromatic carbocycles.